The van der Waals surface area contributed by atoms with E-state index in [2.05, 4.69) is 13.6 Å². The molecule has 0 aliphatic carbocycles. The quantitative estimate of drug-likeness (QED) is 0.449. The van der Waals surface area contributed by atoms with Crippen LogP contribution in [0.2, 0.25) is 13.6 Å². The first-order valence-electron chi connectivity index (χ1n) is 2.75. The molecule has 8 heavy (non-hydrogen) atoms. The molecule has 0 atom stereocenters. The first-order valence-corrected chi connectivity index (χ1v) is 3.69. The molecule has 1 rings (SSSR count). The molecule has 2 nitrogen and oxygen atoms in total. The van der Waals surface area contributed by atoms with Crippen LogP contribution in [-0.2, 0) is 4.76 Å². The zero-order valence-corrected chi connectivity index (χ0v) is 6.23. The van der Waals surface area contributed by atoms with Gasteiger partial charge in [0, 0.05) is 0 Å². The third-order valence-corrected chi connectivity index (χ3v) is 2.38. The lowest BCUT2D eigenvalue weighted by molar-refractivity contribution is 0.0697. The molecule has 0 unspecified atom stereocenters. The van der Waals surface area contributed by atoms with Gasteiger partial charge < -0.3 is 4.76 Å². The highest BCUT2D eigenvalue weighted by Gasteiger charge is 2.30. The molecule has 0 aromatic heterocycles. The molecule has 0 aromatic rings. The Balaban J connectivity index is 2.39. The molecule has 0 saturated carbocycles. The van der Waals surface area contributed by atoms with Crippen LogP contribution in [0.4, 0.5) is 0 Å². The summed E-state index contributed by atoms with van der Waals surface area (Å²) in [6.45, 7) is 4.19. The van der Waals surface area contributed by atoms with Crippen LogP contribution in [0, 0.1) is 0 Å². The second-order valence-corrected chi connectivity index (χ2v) is 3.57. The van der Waals surface area contributed by atoms with E-state index in [1.54, 1.807) is 0 Å². The van der Waals surface area contributed by atoms with Crippen molar-refractivity contribution in [1.82, 2.24) is 4.97 Å². The maximum atomic E-state index is 5.27. The number of hydroxylamine groups is 1. The van der Waals surface area contributed by atoms with E-state index in [4.69, 9.17) is 4.76 Å². The van der Waals surface area contributed by atoms with Gasteiger partial charge in [-0.1, -0.05) is 6.82 Å². The topological polar surface area (TPSA) is 12.5 Å². The molecular formula is C3H9B2NOS. The summed E-state index contributed by atoms with van der Waals surface area (Å²) in [6, 6.07) is 0. The summed E-state index contributed by atoms with van der Waals surface area (Å²) in [5.41, 5.74) is 0. The van der Waals surface area contributed by atoms with Crippen molar-refractivity contribution in [3.8, 4) is 0 Å². The Bertz CT molecular complexity index is 83.4. The molecule has 0 aromatic carbocycles. The molecular weight excluding hydrogens is 120 g/mol. The predicted molar refractivity (Wildman–Crippen MR) is 39.7 cm³/mol. The van der Waals surface area contributed by atoms with Crippen molar-refractivity contribution in [2.45, 2.75) is 13.6 Å². The summed E-state index contributed by atoms with van der Waals surface area (Å²) in [5.74, 6) is 0. The van der Waals surface area contributed by atoms with E-state index in [-0.39, 0.29) is 0 Å². The van der Waals surface area contributed by atoms with Crippen molar-refractivity contribution < 1.29 is 4.76 Å². The minimum absolute atomic E-state index is 0.343. The average molecular weight is 129 g/mol. The first-order chi connectivity index (χ1) is 3.70. The minimum Gasteiger partial charge on any atom is -0.357 e. The van der Waals surface area contributed by atoms with Crippen molar-refractivity contribution in [1.29, 1.82) is 0 Å². The Morgan fingerprint density at radius 2 is 2.12 bits per heavy atom. The molecule has 1 aliphatic rings. The Hall–Kier alpha value is 0.400. The largest absolute Gasteiger partial charge is 0.372 e. The molecule has 5 heteroatoms. The van der Waals surface area contributed by atoms with Gasteiger partial charge in [-0.3, -0.25) is 0 Å². The van der Waals surface area contributed by atoms with Gasteiger partial charge in [0.25, 0.3) is 0 Å². The van der Waals surface area contributed by atoms with Crippen LogP contribution < -0.4 is 0 Å². The maximum absolute atomic E-state index is 5.27. The lowest BCUT2D eigenvalue weighted by atomic mass is 9.98. The van der Waals surface area contributed by atoms with E-state index in [1.165, 1.54) is 0 Å². The fourth-order valence-electron chi connectivity index (χ4n) is 0.708. The van der Waals surface area contributed by atoms with Gasteiger partial charge in [0.05, 0.1) is 0 Å². The lowest BCUT2D eigenvalue weighted by Crippen LogP contribution is -2.23. The first kappa shape index (κ1) is 6.52. The Morgan fingerprint density at radius 3 is 2.25 bits per heavy atom. The van der Waals surface area contributed by atoms with Crippen molar-refractivity contribution in [3.05, 3.63) is 0 Å². The highest BCUT2D eigenvalue weighted by Crippen LogP contribution is 2.22. The van der Waals surface area contributed by atoms with Crippen LogP contribution >= 0.6 is 11.5 Å². The molecule has 1 aliphatic heterocycles. The molecule has 0 N–H and O–H groups in total. The van der Waals surface area contributed by atoms with E-state index in [9.17, 15) is 0 Å². The van der Waals surface area contributed by atoms with E-state index in [0.29, 0.717) is 12.3 Å². The second kappa shape index (κ2) is 2.33. The van der Waals surface area contributed by atoms with Crippen LogP contribution in [0.3, 0.4) is 0 Å². The van der Waals surface area contributed by atoms with E-state index >= 15 is 0 Å². The van der Waals surface area contributed by atoms with E-state index in [1.807, 2.05) is 23.5 Å². The molecule has 0 amide bonds. The van der Waals surface area contributed by atoms with Crippen molar-refractivity contribution in [2.24, 2.45) is 0 Å². The van der Waals surface area contributed by atoms with Crippen LogP contribution in [0.15, 0.2) is 0 Å². The van der Waals surface area contributed by atoms with Gasteiger partial charge in [-0.15, -0.1) is 0 Å². The minimum atomic E-state index is 0.343. The lowest BCUT2D eigenvalue weighted by Gasteiger charge is -2.08. The number of hydrogen-bond donors (Lipinski definition) is 0. The van der Waals surface area contributed by atoms with Crippen LogP contribution in [0.1, 0.15) is 0 Å². The average Bonchev–Trinajstić information content (AvgIpc) is 1.85. The molecule has 1 saturated heterocycles. The maximum Gasteiger partial charge on any atom is 0.372 e. The predicted octanol–water partition coefficient (Wildman–Crippen LogP) is 0.833. The second-order valence-electron chi connectivity index (χ2n) is 1.95. The van der Waals surface area contributed by atoms with Gasteiger partial charge in [-0.2, -0.15) is 0 Å². The van der Waals surface area contributed by atoms with Crippen molar-refractivity contribution >= 4 is 23.8 Å². The van der Waals surface area contributed by atoms with Crippen LogP contribution in [0.5, 0.6) is 0 Å². The SMILES string of the molecule is CB1ON(C)B(C)S1. The highest BCUT2D eigenvalue weighted by atomic mass is 32.2. The van der Waals surface area contributed by atoms with Gasteiger partial charge in [0.2, 0.25) is 0 Å². The Labute approximate surface area is 54.9 Å². The third kappa shape index (κ3) is 1.21. The smallest absolute Gasteiger partial charge is 0.357 e. The summed E-state index contributed by atoms with van der Waals surface area (Å²) in [6.07, 6.45) is 0.861. The number of rotatable bonds is 0. The third-order valence-electron chi connectivity index (χ3n) is 1.22. The summed E-state index contributed by atoms with van der Waals surface area (Å²) in [5, 5.41) is 0. The van der Waals surface area contributed by atoms with Crippen molar-refractivity contribution in [2.75, 3.05) is 7.05 Å². The normalized spacial score (nSPS) is 22.9. The molecule has 44 valence electrons. The fourth-order valence-corrected chi connectivity index (χ4v) is 1.67. The molecule has 0 spiro atoms. The Morgan fingerprint density at radius 1 is 1.50 bits per heavy atom. The van der Waals surface area contributed by atoms with Crippen molar-refractivity contribution in [3.63, 3.8) is 0 Å². The fraction of sp³-hybridized carbons (Fsp3) is 1.00. The number of nitrogens with zero attached hydrogens (tertiary/aromatic N) is 1. The summed E-state index contributed by atoms with van der Waals surface area (Å²) in [7, 11) is 1.96. The summed E-state index contributed by atoms with van der Waals surface area (Å²) < 4.78 is 5.27. The van der Waals surface area contributed by atoms with Gasteiger partial charge in [-0.25, -0.2) is 16.4 Å². The standard InChI is InChI=1S/C3H9B2NOS/c1-4-6(3)7-5(2)8-4/h1-3H3. The monoisotopic (exact) mass is 129 g/mol. The van der Waals surface area contributed by atoms with Crippen LogP contribution in [-0.4, -0.2) is 24.3 Å². The molecule has 0 bridgehead atoms. The van der Waals surface area contributed by atoms with Gasteiger partial charge >= 0.3 is 12.3 Å². The van der Waals surface area contributed by atoms with Gasteiger partial charge in [0.15, 0.2) is 0 Å². The summed E-state index contributed by atoms with van der Waals surface area (Å²) in [4.78, 5) is 1.88. The van der Waals surface area contributed by atoms with Gasteiger partial charge in [-0.05, 0) is 13.9 Å². The zero-order chi connectivity index (χ0) is 6.15. The highest BCUT2D eigenvalue weighted by molar-refractivity contribution is 8.44. The molecule has 0 radical (unpaired) electrons. The van der Waals surface area contributed by atoms with Crippen LogP contribution in [0.25, 0.3) is 0 Å². The van der Waals surface area contributed by atoms with Gasteiger partial charge in [0.1, 0.15) is 0 Å². The molecule has 1 fully saturated rings. The zero-order valence-electron chi connectivity index (χ0n) is 5.42. The molecule has 1 heterocycles. The van der Waals surface area contributed by atoms with E-state index in [0.717, 1.165) is 0 Å². The number of hydrogen-bond acceptors (Lipinski definition) is 3. The van der Waals surface area contributed by atoms with E-state index < -0.39 is 0 Å². The summed E-state index contributed by atoms with van der Waals surface area (Å²) >= 11 is 1.83. The Kier molecular flexibility index (Phi) is 1.90.